The van der Waals surface area contributed by atoms with Crippen molar-refractivity contribution in [3.05, 3.63) is 59.7 Å². The lowest BCUT2D eigenvalue weighted by Crippen LogP contribution is -2.24. The number of alkyl halides is 3. The number of carbonyl (C=O) groups is 2. The summed E-state index contributed by atoms with van der Waals surface area (Å²) in [6.45, 7) is 1.34. The Hall–Kier alpha value is -3.08. The molecule has 156 valence electrons. The van der Waals surface area contributed by atoms with Gasteiger partial charge in [0.1, 0.15) is 5.75 Å². The van der Waals surface area contributed by atoms with Gasteiger partial charge in [0.15, 0.2) is 6.10 Å². The monoisotopic (exact) mass is 431 g/mol. The molecule has 7 nitrogen and oxygen atoms in total. The number of hydrogen-bond donors (Lipinski definition) is 1. The van der Waals surface area contributed by atoms with Crippen molar-refractivity contribution in [1.82, 2.24) is 0 Å². The standard InChI is InChI=1S/C18H16F3NO6S/c1-11(16(23)12-3-7-14(8-4-12)22-29(2,25)26)27-17(24)13-5-9-15(10-6-13)28-18(19,20)21/h3-11,22H,1-2H3. The second kappa shape index (κ2) is 8.52. The van der Waals surface area contributed by atoms with E-state index in [1.165, 1.54) is 31.2 Å². The predicted molar refractivity (Wildman–Crippen MR) is 97.2 cm³/mol. The second-order valence-corrected chi connectivity index (χ2v) is 7.68. The molecule has 0 aliphatic carbocycles. The highest BCUT2D eigenvalue weighted by Crippen LogP contribution is 2.23. The Kier molecular flexibility index (Phi) is 6.52. The van der Waals surface area contributed by atoms with Gasteiger partial charge in [-0.25, -0.2) is 13.2 Å². The van der Waals surface area contributed by atoms with Gasteiger partial charge in [-0.05, 0) is 55.5 Å². The third-order valence-corrected chi connectivity index (χ3v) is 4.06. The van der Waals surface area contributed by atoms with Crippen molar-refractivity contribution in [3.63, 3.8) is 0 Å². The van der Waals surface area contributed by atoms with Crippen LogP contribution in [0.4, 0.5) is 18.9 Å². The minimum atomic E-state index is -4.85. The molecule has 2 rings (SSSR count). The lowest BCUT2D eigenvalue weighted by atomic mass is 10.1. The number of carbonyl (C=O) groups excluding carboxylic acids is 2. The van der Waals surface area contributed by atoms with Gasteiger partial charge >= 0.3 is 12.3 Å². The summed E-state index contributed by atoms with van der Waals surface area (Å²) >= 11 is 0. The molecule has 0 aliphatic heterocycles. The SMILES string of the molecule is CC(OC(=O)c1ccc(OC(F)(F)F)cc1)C(=O)c1ccc(NS(C)(=O)=O)cc1. The second-order valence-electron chi connectivity index (χ2n) is 5.94. The van der Waals surface area contributed by atoms with Crippen LogP contribution in [0.25, 0.3) is 0 Å². The summed E-state index contributed by atoms with van der Waals surface area (Å²) < 4.78 is 69.8. The normalized spacial score (nSPS) is 12.7. The third-order valence-electron chi connectivity index (χ3n) is 3.45. The van der Waals surface area contributed by atoms with Crippen molar-refractivity contribution in [1.29, 1.82) is 0 Å². The highest BCUT2D eigenvalue weighted by atomic mass is 32.2. The van der Waals surface area contributed by atoms with E-state index in [9.17, 15) is 31.2 Å². The van der Waals surface area contributed by atoms with Crippen LogP contribution in [0, 0.1) is 0 Å². The average Bonchev–Trinajstić information content (AvgIpc) is 2.59. The lowest BCUT2D eigenvalue weighted by Gasteiger charge is -2.13. The summed E-state index contributed by atoms with van der Waals surface area (Å²) in [6, 6.07) is 9.53. The number of ketones is 1. The van der Waals surface area contributed by atoms with Gasteiger partial charge in [-0.3, -0.25) is 9.52 Å². The first-order valence-corrected chi connectivity index (χ1v) is 9.92. The van der Waals surface area contributed by atoms with Crippen LogP contribution in [-0.4, -0.2) is 38.9 Å². The Morgan fingerprint density at radius 2 is 1.48 bits per heavy atom. The highest BCUT2D eigenvalue weighted by molar-refractivity contribution is 7.92. The number of ether oxygens (including phenoxy) is 2. The molecule has 0 saturated carbocycles. The fourth-order valence-corrected chi connectivity index (χ4v) is 2.79. The van der Waals surface area contributed by atoms with Crippen LogP contribution in [0.2, 0.25) is 0 Å². The van der Waals surface area contributed by atoms with Crippen molar-refractivity contribution < 1.29 is 40.7 Å². The Balaban J connectivity index is 2.00. The maximum atomic E-state index is 12.4. The molecular formula is C18H16F3NO6S. The van der Waals surface area contributed by atoms with Crippen LogP contribution >= 0.6 is 0 Å². The molecule has 29 heavy (non-hydrogen) atoms. The van der Waals surface area contributed by atoms with Crippen molar-refractivity contribution in [2.24, 2.45) is 0 Å². The molecular weight excluding hydrogens is 415 g/mol. The zero-order valence-electron chi connectivity index (χ0n) is 15.2. The summed E-state index contributed by atoms with van der Waals surface area (Å²) in [6.07, 6.45) is -5.05. The molecule has 2 aromatic carbocycles. The minimum Gasteiger partial charge on any atom is -0.451 e. The van der Waals surface area contributed by atoms with E-state index in [0.29, 0.717) is 0 Å². The molecule has 0 bridgehead atoms. The van der Waals surface area contributed by atoms with E-state index >= 15 is 0 Å². The van der Waals surface area contributed by atoms with Gasteiger partial charge in [0.25, 0.3) is 0 Å². The van der Waals surface area contributed by atoms with E-state index in [0.717, 1.165) is 30.5 Å². The van der Waals surface area contributed by atoms with E-state index in [-0.39, 0.29) is 16.8 Å². The Morgan fingerprint density at radius 3 is 1.97 bits per heavy atom. The fraction of sp³-hybridized carbons (Fsp3) is 0.222. The molecule has 2 aromatic rings. The van der Waals surface area contributed by atoms with Gasteiger partial charge in [0.05, 0.1) is 11.8 Å². The molecule has 0 spiro atoms. The van der Waals surface area contributed by atoms with Gasteiger partial charge in [0.2, 0.25) is 15.8 Å². The van der Waals surface area contributed by atoms with E-state index in [1.807, 2.05) is 0 Å². The first-order chi connectivity index (χ1) is 13.3. The molecule has 0 aliphatic rings. The summed E-state index contributed by atoms with van der Waals surface area (Å²) in [4.78, 5) is 24.4. The highest BCUT2D eigenvalue weighted by Gasteiger charge is 2.31. The van der Waals surface area contributed by atoms with Crippen LogP contribution in [0.15, 0.2) is 48.5 Å². The first-order valence-electron chi connectivity index (χ1n) is 8.03. The number of rotatable bonds is 7. The van der Waals surface area contributed by atoms with E-state index in [2.05, 4.69) is 9.46 Å². The van der Waals surface area contributed by atoms with Crippen molar-refractivity contribution in [3.8, 4) is 5.75 Å². The third kappa shape index (κ3) is 7.11. The zero-order chi connectivity index (χ0) is 21.8. The minimum absolute atomic E-state index is 0.0631. The largest absolute Gasteiger partial charge is 0.573 e. The zero-order valence-corrected chi connectivity index (χ0v) is 16.0. The number of halogens is 3. The van der Waals surface area contributed by atoms with E-state index in [1.54, 1.807) is 0 Å². The fourth-order valence-electron chi connectivity index (χ4n) is 2.23. The van der Waals surface area contributed by atoms with Gasteiger partial charge in [-0.1, -0.05) is 0 Å². The van der Waals surface area contributed by atoms with Crippen molar-refractivity contribution >= 4 is 27.5 Å². The molecule has 1 unspecified atom stereocenters. The number of anilines is 1. The smallest absolute Gasteiger partial charge is 0.451 e. The maximum Gasteiger partial charge on any atom is 0.573 e. The molecule has 0 saturated heterocycles. The molecule has 0 amide bonds. The lowest BCUT2D eigenvalue weighted by molar-refractivity contribution is -0.274. The summed E-state index contributed by atoms with van der Waals surface area (Å²) in [7, 11) is -3.46. The van der Waals surface area contributed by atoms with Gasteiger partial charge < -0.3 is 9.47 Å². The Labute approximate surface area is 164 Å². The van der Waals surface area contributed by atoms with Gasteiger partial charge in [-0.15, -0.1) is 13.2 Å². The molecule has 11 heteroatoms. The number of Topliss-reactive ketones (excluding diaryl/α,β-unsaturated/α-hetero) is 1. The van der Waals surface area contributed by atoms with Crippen LogP contribution in [0.1, 0.15) is 27.6 Å². The number of esters is 1. The topological polar surface area (TPSA) is 98.8 Å². The molecule has 0 fully saturated rings. The van der Waals surface area contributed by atoms with Crippen molar-refractivity contribution in [2.45, 2.75) is 19.4 Å². The van der Waals surface area contributed by atoms with E-state index in [4.69, 9.17) is 4.74 Å². The number of hydrogen-bond acceptors (Lipinski definition) is 6. The Morgan fingerprint density at radius 1 is 0.966 bits per heavy atom. The van der Waals surface area contributed by atoms with Crippen molar-refractivity contribution in [2.75, 3.05) is 11.0 Å². The molecule has 0 aromatic heterocycles. The average molecular weight is 431 g/mol. The van der Waals surface area contributed by atoms with Crippen LogP contribution in [0.3, 0.4) is 0 Å². The Bertz CT molecular complexity index is 986. The number of nitrogens with one attached hydrogen (secondary N) is 1. The van der Waals surface area contributed by atoms with E-state index < -0.39 is 40.0 Å². The molecule has 1 atom stereocenters. The first kappa shape index (κ1) is 22.2. The van der Waals surface area contributed by atoms with Crippen LogP contribution in [-0.2, 0) is 14.8 Å². The van der Waals surface area contributed by atoms with Gasteiger partial charge in [-0.2, -0.15) is 0 Å². The quantitative estimate of drug-likeness (QED) is 0.533. The molecule has 1 N–H and O–H groups in total. The summed E-state index contributed by atoms with van der Waals surface area (Å²) in [5.74, 6) is -1.94. The molecule has 0 heterocycles. The van der Waals surface area contributed by atoms with Gasteiger partial charge in [0, 0.05) is 11.3 Å². The van der Waals surface area contributed by atoms with Crippen LogP contribution in [0.5, 0.6) is 5.75 Å². The number of sulfonamides is 1. The number of benzene rings is 2. The summed E-state index contributed by atoms with van der Waals surface area (Å²) in [5, 5.41) is 0. The van der Waals surface area contributed by atoms with Crippen LogP contribution < -0.4 is 9.46 Å². The predicted octanol–water partition coefficient (Wildman–Crippen LogP) is 3.38. The maximum absolute atomic E-state index is 12.4. The molecule has 0 radical (unpaired) electrons. The summed E-state index contributed by atoms with van der Waals surface area (Å²) in [5.41, 5.74) is 0.375.